The van der Waals surface area contributed by atoms with Gasteiger partial charge < -0.3 is 9.47 Å². The van der Waals surface area contributed by atoms with Crippen molar-refractivity contribution in [1.82, 2.24) is 0 Å². The van der Waals surface area contributed by atoms with E-state index < -0.39 is 0 Å². The molecule has 0 aromatic heterocycles. The lowest BCUT2D eigenvalue weighted by Gasteiger charge is -2.16. The fourth-order valence-corrected chi connectivity index (χ4v) is 2.64. The van der Waals surface area contributed by atoms with Gasteiger partial charge in [-0.05, 0) is 35.8 Å². The van der Waals surface area contributed by atoms with E-state index in [2.05, 4.69) is 62.4 Å². The normalized spacial score (nSPS) is 13.6. The van der Waals surface area contributed by atoms with E-state index in [0.717, 1.165) is 13.2 Å². The number of benzene rings is 2. The summed E-state index contributed by atoms with van der Waals surface area (Å²) in [6, 6.07) is 20.7. The van der Waals surface area contributed by atoms with Crippen LogP contribution in [0.1, 0.15) is 37.8 Å². The molecule has 2 rings (SSSR count). The van der Waals surface area contributed by atoms with Gasteiger partial charge in [0.2, 0.25) is 0 Å². The minimum Gasteiger partial charge on any atom is -0.376 e. The van der Waals surface area contributed by atoms with Crippen LogP contribution < -0.4 is 0 Å². The fraction of sp³-hybridized carbons (Fsp3) is 0.455. The van der Waals surface area contributed by atoms with Crippen molar-refractivity contribution in [2.24, 2.45) is 11.8 Å². The van der Waals surface area contributed by atoms with Gasteiger partial charge in [-0.2, -0.15) is 0 Å². The van der Waals surface area contributed by atoms with Crippen LogP contribution in [0, 0.1) is 11.8 Å². The lowest BCUT2D eigenvalue weighted by Crippen LogP contribution is -2.11. The largest absolute Gasteiger partial charge is 0.376 e. The summed E-state index contributed by atoms with van der Waals surface area (Å²) in [5.74, 6) is 1.18. The second-order valence-electron chi connectivity index (χ2n) is 6.79. The molecule has 0 fully saturated rings. The molecule has 0 saturated carbocycles. The van der Waals surface area contributed by atoms with Crippen molar-refractivity contribution in [2.45, 2.75) is 39.9 Å². The average Bonchev–Trinajstić information content (AvgIpc) is 2.62. The van der Waals surface area contributed by atoms with Gasteiger partial charge in [0.1, 0.15) is 0 Å². The van der Waals surface area contributed by atoms with Crippen molar-refractivity contribution < 1.29 is 9.47 Å². The summed E-state index contributed by atoms with van der Waals surface area (Å²) in [7, 11) is 0. The van der Waals surface area contributed by atoms with Crippen molar-refractivity contribution in [3.63, 3.8) is 0 Å². The highest BCUT2D eigenvalue weighted by Crippen LogP contribution is 2.14. The summed E-state index contributed by atoms with van der Waals surface area (Å²) in [6.45, 7) is 7.60. The number of hydrogen-bond donors (Lipinski definition) is 0. The molecular formula is C22H30O2. The van der Waals surface area contributed by atoms with E-state index >= 15 is 0 Å². The van der Waals surface area contributed by atoms with Crippen molar-refractivity contribution in [2.75, 3.05) is 13.2 Å². The topological polar surface area (TPSA) is 18.5 Å². The molecule has 24 heavy (non-hydrogen) atoms. The predicted molar refractivity (Wildman–Crippen MR) is 99.8 cm³/mol. The van der Waals surface area contributed by atoms with E-state index in [1.54, 1.807) is 0 Å². The molecule has 0 radical (unpaired) electrons. The first-order valence-corrected chi connectivity index (χ1v) is 8.97. The minimum absolute atomic E-state index is 0.588. The standard InChI is InChI=1S/C22H30O2/c1-19(15-23-17-21-9-5-3-6-10-21)13-14-20(2)16-24-18-22-11-7-4-8-12-22/h3-12,19-20H,13-18H2,1-2H3/t19-,20-/m1/s1. The lowest BCUT2D eigenvalue weighted by atomic mass is 9.99. The molecule has 2 aromatic rings. The van der Waals surface area contributed by atoms with Crippen LogP contribution in [0.15, 0.2) is 60.7 Å². The maximum atomic E-state index is 5.82. The van der Waals surface area contributed by atoms with Gasteiger partial charge in [0.15, 0.2) is 0 Å². The highest BCUT2D eigenvalue weighted by atomic mass is 16.5. The summed E-state index contributed by atoms with van der Waals surface area (Å²) < 4.78 is 11.6. The third-order valence-electron chi connectivity index (χ3n) is 4.18. The zero-order valence-electron chi connectivity index (χ0n) is 15.0. The van der Waals surface area contributed by atoms with Gasteiger partial charge in [-0.25, -0.2) is 0 Å². The Labute approximate surface area is 146 Å². The van der Waals surface area contributed by atoms with Crippen molar-refractivity contribution >= 4 is 0 Å². The first-order valence-electron chi connectivity index (χ1n) is 8.97. The van der Waals surface area contributed by atoms with Crippen molar-refractivity contribution in [1.29, 1.82) is 0 Å². The summed E-state index contributed by atoms with van der Waals surface area (Å²) in [5.41, 5.74) is 2.49. The van der Waals surface area contributed by atoms with Gasteiger partial charge >= 0.3 is 0 Å². The average molecular weight is 326 g/mol. The first kappa shape index (κ1) is 18.7. The van der Waals surface area contributed by atoms with E-state index in [1.807, 2.05) is 12.1 Å². The second kappa shape index (κ2) is 11.0. The zero-order chi connectivity index (χ0) is 17.0. The molecule has 0 heterocycles. The molecule has 0 bridgehead atoms. The number of rotatable bonds is 11. The van der Waals surface area contributed by atoms with Gasteiger partial charge in [0, 0.05) is 13.2 Å². The molecule has 2 atom stereocenters. The molecule has 2 heteroatoms. The van der Waals surface area contributed by atoms with E-state index in [0.29, 0.717) is 25.0 Å². The van der Waals surface area contributed by atoms with Crippen LogP contribution in [-0.2, 0) is 22.7 Å². The van der Waals surface area contributed by atoms with E-state index in [-0.39, 0.29) is 0 Å². The summed E-state index contributed by atoms with van der Waals surface area (Å²) in [6.07, 6.45) is 2.37. The van der Waals surface area contributed by atoms with Gasteiger partial charge in [-0.1, -0.05) is 74.5 Å². The van der Waals surface area contributed by atoms with Gasteiger partial charge in [0.05, 0.1) is 13.2 Å². The summed E-state index contributed by atoms with van der Waals surface area (Å²) >= 11 is 0. The Morgan fingerprint density at radius 2 is 1.00 bits per heavy atom. The van der Waals surface area contributed by atoms with Crippen LogP contribution in [0.5, 0.6) is 0 Å². The fourth-order valence-electron chi connectivity index (χ4n) is 2.64. The predicted octanol–water partition coefficient (Wildman–Crippen LogP) is 5.47. The van der Waals surface area contributed by atoms with E-state index in [4.69, 9.17) is 9.47 Å². The van der Waals surface area contributed by atoms with Crippen LogP contribution in [0.3, 0.4) is 0 Å². The van der Waals surface area contributed by atoms with Crippen LogP contribution in [0.25, 0.3) is 0 Å². The number of hydrogen-bond acceptors (Lipinski definition) is 2. The Balaban J connectivity index is 1.52. The molecule has 0 aliphatic heterocycles. The highest BCUT2D eigenvalue weighted by molar-refractivity contribution is 5.14. The maximum absolute atomic E-state index is 5.82. The first-order chi connectivity index (χ1) is 11.7. The van der Waals surface area contributed by atoms with E-state index in [1.165, 1.54) is 24.0 Å². The second-order valence-corrected chi connectivity index (χ2v) is 6.79. The summed E-state index contributed by atoms with van der Waals surface area (Å²) in [5, 5.41) is 0. The molecule has 0 N–H and O–H groups in total. The van der Waals surface area contributed by atoms with E-state index in [9.17, 15) is 0 Å². The Morgan fingerprint density at radius 1 is 0.625 bits per heavy atom. The molecule has 130 valence electrons. The van der Waals surface area contributed by atoms with Gasteiger partial charge in [-0.15, -0.1) is 0 Å². The molecule has 0 unspecified atom stereocenters. The molecule has 0 spiro atoms. The quantitative estimate of drug-likeness (QED) is 0.545. The molecular weight excluding hydrogens is 296 g/mol. The monoisotopic (exact) mass is 326 g/mol. The highest BCUT2D eigenvalue weighted by Gasteiger charge is 2.08. The number of ether oxygens (including phenoxy) is 2. The molecule has 0 saturated heterocycles. The smallest absolute Gasteiger partial charge is 0.0717 e. The van der Waals surface area contributed by atoms with Gasteiger partial charge in [-0.3, -0.25) is 0 Å². The van der Waals surface area contributed by atoms with Crippen molar-refractivity contribution in [3.05, 3.63) is 71.8 Å². The third-order valence-corrected chi connectivity index (χ3v) is 4.18. The Kier molecular flexibility index (Phi) is 8.58. The third kappa shape index (κ3) is 7.76. The molecule has 2 nitrogen and oxygen atoms in total. The zero-order valence-corrected chi connectivity index (χ0v) is 15.0. The lowest BCUT2D eigenvalue weighted by molar-refractivity contribution is 0.0734. The molecule has 0 aliphatic carbocycles. The Morgan fingerprint density at radius 3 is 1.38 bits per heavy atom. The van der Waals surface area contributed by atoms with Crippen LogP contribution >= 0.6 is 0 Å². The van der Waals surface area contributed by atoms with Gasteiger partial charge in [0.25, 0.3) is 0 Å². The molecule has 0 amide bonds. The van der Waals surface area contributed by atoms with Crippen molar-refractivity contribution in [3.8, 4) is 0 Å². The minimum atomic E-state index is 0.588. The van der Waals surface area contributed by atoms with Crippen LogP contribution in [0.2, 0.25) is 0 Å². The summed E-state index contributed by atoms with van der Waals surface area (Å²) in [4.78, 5) is 0. The molecule has 0 aliphatic rings. The Bertz CT molecular complexity index is 487. The molecule has 2 aromatic carbocycles. The SMILES string of the molecule is C[C@H](CC[C@@H](C)COCc1ccccc1)COCc1ccccc1. The van der Waals surface area contributed by atoms with Crippen LogP contribution in [0.4, 0.5) is 0 Å². The Hall–Kier alpha value is -1.64. The van der Waals surface area contributed by atoms with Crippen LogP contribution in [-0.4, -0.2) is 13.2 Å². The maximum Gasteiger partial charge on any atom is 0.0717 e.